The van der Waals surface area contributed by atoms with Crippen LogP contribution in [-0.2, 0) is 9.53 Å². The molecule has 0 aliphatic heterocycles. The third-order valence-electron chi connectivity index (χ3n) is 3.04. The van der Waals surface area contributed by atoms with Crippen molar-refractivity contribution < 1.29 is 19.1 Å². The first-order valence-electron chi connectivity index (χ1n) is 7.63. The Morgan fingerprint density at radius 2 is 2.04 bits per heavy atom. The highest BCUT2D eigenvalue weighted by Gasteiger charge is 2.12. The topological polar surface area (TPSA) is 89.9 Å². The molecule has 1 heterocycles. The van der Waals surface area contributed by atoms with Crippen molar-refractivity contribution in [2.45, 2.75) is 6.92 Å². The van der Waals surface area contributed by atoms with Gasteiger partial charge in [-0.1, -0.05) is 11.6 Å². The second-order valence-electron chi connectivity index (χ2n) is 4.95. The van der Waals surface area contributed by atoms with Gasteiger partial charge in [0.15, 0.2) is 6.61 Å². The maximum atomic E-state index is 12.0. The molecule has 0 radical (unpaired) electrons. The molecule has 2 aromatic rings. The monoisotopic (exact) mass is 613 g/mol. The molecule has 0 spiro atoms. The molecule has 0 saturated heterocycles. The minimum atomic E-state index is -0.455. The maximum absolute atomic E-state index is 12.0. The highest BCUT2D eigenvalue weighted by molar-refractivity contribution is 14.1. The average Bonchev–Trinajstić information content (AvgIpc) is 2.61. The van der Waals surface area contributed by atoms with Crippen LogP contribution in [0.15, 0.2) is 35.6 Å². The summed E-state index contributed by atoms with van der Waals surface area (Å²) >= 11 is 10.1. The van der Waals surface area contributed by atoms with Crippen molar-refractivity contribution >= 4 is 74.9 Å². The third-order valence-corrected chi connectivity index (χ3v) is 4.95. The number of aromatic nitrogens is 1. The first kappa shape index (κ1) is 21.8. The number of benzene rings is 1. The van der Waals surface area contributed by atoms with Gasteiger partial charge in [-0.05, 0) is 81.9 Å². The van der Waals surface area contributed by atoms with Gasteiger partial charge in [-0.15, -0.1) is 0 Å². The predicted molar refractivity (Wildman–Crippen MR) is 118 cm³/mol. The fourth-order valence-electron chi connectivity index (χ4n) is 1.91. The van der Waals surface area contributed by atoms with Crippen LogP contribution in [0.2, 0.25) is 5.15 Å². The number of carbonyl (C=O) groups is 2. The van der Waals surface area contributed by atoms with Gasteiger partial charge in [0, 0.05) is 6.20 Å². The molecule has 2 rings (SSSR count). The Balaban J connectivity index is 2.03. The zero-order valence-corrected chi connectivity index (χ0v) is 19.1. The molecule has 0 atom stereocenters. The number of amides is 1. The predicted octanol–water partition coefficient (Wildman–Crippen LogP) is 3.65. The maximum Gasteiger partial charge on any atom is 0.344 e. The van der Waals surface area contributed by atoms with Crippen molar-refractivity contribution in [3.05, 3.63) is 53.9 Å². The zero-order valence-electron chi connectivity index (χ0n) is 14.0. The van der Waals surface area contributed by atoms with E-state index in [0.717, 1.165) is 12.7 Å². The van der Waals surface area contributed by atoms with Crippen LogP contribution in [0.4, 0.5) is 0 Å². The lowest BCUT2D eigenvalue weighted by atomic mass is 10.2. The van der Waals surface area contributed by atoms with Crippen molar-refractivity contribution in [1.82, 2.24) is 10.4 Å². The Labute approximate surface area is 188 Å². The van der Waals surface area contributed by atoms with Crippen LogP contribution in [0.5, 0.6) is 5.75 Å². The molecule has 1 aromatic carbocycles. The lowest BCUT2D eigenvalue weighted by molar-refractivity contribution is -0.145. The zero-order chi connectivity index (χ0) is 19.8. The summed E-state index contributed by atoms with van der Waals surface area (Å²) < 4.78 is 12.0. The first-order chi connectivity index (χ1) is 12.9. The molecule has 27 heavy (non-hydrogen) atoms. The summed E-state index contributed by atoms with van der Waals surface area (Å²) in [5, 5.41) is 4.05. The summed E-state index contributed by atoms with van der Waals surface area (Å²) in [7, 11) is 0. The van der Waals surface area contributed by atoms with Gasteiger partial charge in [0.25, 0.3) is 5.91 Å². The van der Waals surface area contributed by atoms with Crippen molar-refractivity contribution in [3.8, 4) is 5.75 Å². The summed E-state index contributed by atoms with van der Waals surface area (Å²) in [5.74, 6) is -0.290. The van der Waals surface area contributed by atoms with Crippen LogP contribution in [0.25, 0.3) is 0 Å². The molecule has 0 saturated carbocycles. The van der Waals surface area contributed by atoms with E-state index >= 15 is 0 Å². The van der Waals surface area contributed by atoms with Gasteiger partial charge in [0.2, 0.25) is 0 Å². The summed E-state index contributed by atoms with van der Waals surface area (Å²) in [6.07, 6.45) is 3.00. The lowest BCUT2D eigenvalue weighted by Gasteiger charge is -2.10. The molecule has 0 aliphatic rings. The third kappa shape index (κ3) is 6.57. The van der Waals surface area contributed by atoms with E-state index < -0.39 is 11.9 Å². The minimum Gasteiger partial charge on any atom is -0.480 e. The van der Waals surface area contributed by atoms with Crippen molar-refractivity contribution in [1.29, 1.82) is 0 Å². The molecular weight excluding hydrogens is 599 g/mol. The second-order valence-corrected chi connectivity index (χ2v) is 7.63. The largest absolute Gasteiger partial charge is 0.480 e. The van der Waals surface area contributed by atoms with Gasteiger partial charge in [0.1, 0.15) is 10.9 Å². The average molecular weight is 614 g/mol. The van der Waals surface area contributed by atoms with Crippen molar-refractivity contribution in [2.75, 3.05) is 13.2 Å². The fourth-order valence-corrected chi connectivity index (χ4v) is 4.24. The smallest absolute Gasteiger partial charge is 0.344 e. The number of nitrogens with one attached hydrogen (secondary N) is 1. The number of nitrogens with zero attached hydrogens (tertiary/aromatic N) is 2. The number of esters is 1. The van der Waals surface area contributed by atoms with Crippen LogP contribution >= 0.6 is 56.8 Å². The fraction of sp³-hybridized carbons (Fsp3) is 0.176. The van der Waals surface area contributed by atoms with Crippen LogP contribution in [0, 0.1) is 7.14 Å². The van der Waals surface area contributed by atoms with Gasteiger partial charge in [0.05, 0.1) is 25.5 Å². The van der Waals surface area contributed by atoms with E-state index in [0.29, 0.717) is 12.4 Å². The van der Waals surface area contributed by atoms with Gasteiger partial charge in [-0.3, -0.25) is 4.79 Å². The van der Waals surface area contributed by atoms with Gasteiger partial charge >= 0.3 is 5.97 Å². The quantitative estimate of drug-likeness (QED) is 0.169. The van der Waals surface area contributed by atoms with E-state index in [2.05, 4.69) is 60.7 Å². The minimum absolute atomic E-state index is 0.109. The lowest BCUT2D eigenvalue weighted by Crippen LogP contribution is -2.18. The van der Waals surface area contributed by atoms with Crippen LogP contribution in [-0.4, -0.2) is 36.3 Å². The number of hydrogen-bond acceptors (Lipinski definition) is 6. The number of pyridine rings is 1. The Hall–Kier alpha value is -1.47. The number of hydrazone groups is 1. The summed E-state index contributed by atoms with van der Waals surface area (Å²) in [6.45, 7) is 1.89. The summed E-state index contributed by atoms with van der Waals surface area (Å²) in [6, 6.07) is 6.80. The molecule has 1 N–H and O–H groups in total. The van der Waals surface area contributed by atoms with E-state index in [9.17, 15) is 9.59 Å². The van der Waals surface area contributed by atoms with E-state index in [-0.39, 0.29) is 17.3 Å². The highest BCUT2D eigenvalue weighted by atomic mass is 127. The van der Waals surface area contributed by atoms with Crippen LogP contribution < -0.4 is 10.2 Å². The van der Waals surface area contributed by atoms with Crippen LogP contribution in [0.1, 0.15) is 22.8 Å². The molecule has 1 aromatic heterocycles. The molecule has 1 amide bonds. The molecule has 0 bridgehead atoms. The Morgan fingerprint density at radius 3 is 2.67 bits per heavy atom. The highest BCUT2D eigenvalue weighted by Crippen LogP contribution is 2.28. The SMILES string of the molecule is CCOC(=O)COc1c(I)cc(C=NNC(=O)c2cccnc2Cl)cc1I. The Kier molecular flexibility index (Phi) is 8.70. The second kappa shape index (κ2) is 10.8. The Morgan fingerprint density at radius 1 is 1.33 bits per heavy atom. The van der Waals surface area contributed by atoms with E-state index in [1.54, 1.807) is 19.1 Å². The number of ether oxygens (including phenoxy) is 2. The van der Waals surface area contributed by atoms with E-state index in [4.69, 9.17) is 21.1 Å². The molecule has 10 heteroatoms. The number of halogens is 3. The first-order valence-corrected chi connectivity index (χ1v) is 10.2. The van der Waals surface area contributed by atoms with Gasteiger partial charge < -0.3 is 9.47 Å². The molecule has 142 valence electrons. The summed E-state index contributed by atoms with van der Waals surface area (Å²) in [5.41, 5.74) is 3.40. The number of hydrogen-bond donors (Lipinski definition) is 1. The van der Waals surface area contributed by atoms with Crippen molar-refractivity contribution in [2.24, 2.45) is 5.10 Å². The standard InChI is InChI=1S/C17H14ClI2N3O4/c1-2-26-14(24)9-27-15-12(19)6-10(7-13(15)20)8-22-23-17(25)11-4-3-5-21-16(11)18/h3-8H,2,9H2,1H3,(H,23,25). The van der Waals surface area contributed by atoms with Gasteiger partial charge in [-0.2, -0.15) is 5.10 Å². The van der Waals surface area contributed by atoms with Crippen molar-refractivity contribution in [3.63, 3.8) is 0 Å². The Bertz CT molecular complexity index is 854. The van der Waals surface area contributed by atoms with E-state index in [1.165, 1.54) is 12.4 Å². The van der Waals surface area contributed by atoms with E-state index in [1.807, 2.05) is 12.1 Å². The summed E-state index contributed by atoms with van der Waals surface area (Å²) in [4.78, 5) is 27.3. The van der Waals surface area contributed by atoms with Gasteiger partial charge in [-0.25, -0.2) is 15.2 Å². The molecule has 0 unspecified atom stereocenters. The molecule has 7 nitrogen and oxygen atoms in total. The molecule has 0 fully saturated rings. The number of carbonyl (C=O) groups excluding carboxylic acids is 2. The normalized spacial score (nSPS) is 10.7. The number of rotatable bonds is 7. The molecular formula is C17H14ClI2N3O4. The molecule has 0 aliphatic carbocycles. The van der Waals surface area contributed by atoms with Crippen LogP contribution in [0.3, 0.4) is 0 Å².